The Morgan fingerprint density at radius 3 is 1.49 bits per heavy atom. The lowest BCUT2D eigenvalue weighted by Gasteiger charge is -2.25. The summed E-state index contributed by atoms with van der Waals surface area (Å²) < 4.78 is 51.2. The lowest BCUT2D eigenvalue weighted by molar-refractivity contribution is -0.130. The topological polar surface area (TPSA) is 116 Å². The molecular weight excluding hydrogens is 753 g/mol. The molecule has 4 unspecified atom stereocenters. The Morgan fingerprint density at radius 1 is 0.596 bits per heavy atom. The van der Waals surface area contributed by atoms with Gasteiger partial charge in [0.05, 0.1) is 12.5 Å². The predicted molar refractivity (Wildman–Crippen MR) is 230 cm³/mol. The van der Waals surface area contributed by atoms with Gasteiger partial charge in [-0.25, -0.2) is 16.8 Å². The maximum Gasteiger partial charge on any atom is 0.229 e. The standard InChI is InChI=1S/C23H28N2O3S.C23H30N2O2S/c1-23(18-11-7-12-19(14-18)24-29(2,27)28)20-15-25(16-21(20)23)22(26)13-6-10-17-8-4-3-5-9-17;1-23(19-12-8-13-20(15-19)24-28(2,26)27)21-16-25(17-22(21)23)14-7-6-11-18-9-4-3-5-10-18/h3-5,7-9,11-12,14,20-21,24H,6,10,13,15-16H2,1-2H3;3-5,8-10,12-13,15,21-22,24H,6-7,11,14,16-17H2,1-2H3. The number of piperidine rings is 2. The van der Waals surface area contributed by atoms with Crippen molar-refractivity contribution in [2.75, 3.05) is 54.7 Å². The Balaban J connectivity index is 0.000000174. The smallest absolute Gasteiger partial charge is 0.229 e. The summed E-state index contributed by atoms with van der Waals surface area (Å²) in [5.41, 5.74) is 6.61. The predicted octanol–water partition coefficient (Wildman–Crippen LogP) is 7.33. The summed E-state index contributed by atoms with van der Waals surface area (Å²) in [5, 5.41) is 0. The quantitative estimate of drug-likeness (QED) is 0.122. The molecule has 57 heavy (non-hydrogen) atoms. The molecular formula is C46H58N4O5S2. The first-order valence-electron chi connectivity index (χ1n) is 20.4. The van der Waals surface area contributed by atoms with Gasteiger partial charge in [-0.05, 0) is 109 Å². The molecule has 4 aromatic carbocycles. The Bertz CT molecular complexity index is 2230. The number of hydrogen-bond acceptors (Lipinski definition) is 6. The van der Waals surface area contributed by atoms with Gasteiger partial charge in [-0.1, -0.05) is 98.8 Å². The number of anilines is 2. The van der Waals surface area contributed by atoms with Crippen LogP contribution in [0.2, 0.25) is 0 Å². The zero-order valence-corrected chi connectivity index (χ0v) is 35.4. The molecule has 0 bridgehead atoms. The van der Waals surface area contributed by atoms with Gasteiger partial charge in [0, 0.05) is 54.8 Å². The third kappa shape index (κ3) is 9.75. The number of likely N-dealkylation sites (tertiary alicyclic amines) is 2. The zero-order valence-electron chi connectivity index (χ0n) is 33.7. The molecule has 2 saturated heterocycles. The molecule has 4 aromatic rings. The number of rotatable bonds is 15. The molecule has 2 heterocycles. The van der Waals surface area contributed by atoms with E-state index in [4.69, 9.17) is 0 Å². The van der Waals surface area contributed by atoms with Crippen LogP contribution in [-0.4, -0.2) is 77.8 Å². The van der Waals surface area contributed by atoms with Crippen molar-refractivity contribution >= 4 is 37.3 Å². The summed E-state index contributed by atoms with van der Waals surface area (Å²) in [6.07, 6.45) is 8.43. The average molecular weight is 811 g/mol. The van der Waals surface area contributed by atoms with Crippen LogP contribution in [0.5, 0.6) is 0 Å². The van der Waals surface area contributed by atoms with Crippen molar-refractivity contribution in [1.29, 1.82) is 0 Å². The minimum atomic E-state index is -3.29. The Hall–Kier alpha value is -4.19. The second-order valence-corrected chi connectivity index (χ2v) is 20.7. The summed E-state index contributed by atoms with van der Waals surface area (Å²) >= 11 is 0. The number of aryl methyl sites for hydroxylation is 2. The third-order valence-corrected chi connectivity index (χ3v) is 14.5. The second-order valence-electron chi connectivity index (χ2n) is 17.2. The fourth-order valence-corrected chi connectivity index (χ4v) is 11.0. The first-order chi connectivity index (χ1) is 27.1. The van der Waals surface area contributed by atoms with Crippen LogP contribution in [0, 0.1) is 23.7 Å². The summed E-state index contributed by atoms with van der Waals surface area (Å²) in [6, 6.07) is 36.6. The summed E-state index contributed by atoms with van der Waals surface area (Å²) in [5.74, 6) is 2.54. The van der Waals surface area contributed by atoms with Gasteiger partial charge in [-0.3, -0.25) is 14.2 Å². The summed E-state index contributed by atoms with van der Waals surface area (Å²) in [7, 11) is -6.53. The van der Waals surface area contributed by atoms with Crippen molar-refractivity contribution < 1.29 is 21.6 Å². The van der Waals surface area contributed by atoms with Crippen LogP contribution in [0.15, 0.2) is 109 Å². The van der Waals surface area contributed by atoms with Gasteiger partial charge in [0.15, 0.2) is 0 Å². The molecule has 2 aliphatic heterocycles. The van der Waals surface area contributed by atoms with Crippen molar-refractivity contribution in [2.45, 2.75) is 63.2 Å². The molecule has 8 rings (SSSR count). The van der Waals surface area contributed by atoms with Crippen LogP contribution in [0.3, 0.4) is 0 Å². The van der Waals surface area contributed by atoms with Gasteiger partial charge in [0.25, 0.3) is 0 Å². The van der Waals surface area contributed by atoms with E-state index in [-0.39, 0.29) is 16.7 Å². The van der Waals surface area contributed by atoms with Crippen LogP contribution in [-0.2, 0) is 48.5 Å². The fraction of sp³-hybridized carbons (Fsp3) is 0.457. The van der Waals surface area contributed by atoms with Crippen molar-refractivity contribution in [1.82, 2.24) is 9.80 Å². The fourth-order valence-electron chi connectivity index (χ4n) is 9.91. The number of benzene rings is 4. The van der Waals surface area contributed by atoms with E-state index in [9.17, 15) is 21.6 Å². The van der Waals surface area contributed by atoms with Crippen LogP contribution >= 0.6 is 0 Å². The van der Waals surface area contributed by atoms with Gasteiger partial charge in [0.1, 0.15) is 0 Å². The molecule has 304 valence electrons. The summed E-state index contributed by atoms with van der Waals surface area (Å²) in [4.78, 5) is 17.2. The van der Waals surface area contributed by atoms with Crippen molar-refractivity contribution in [3.05, 3.63) is 131 Å². The van der Waals surface area contributed by atoms with E-state index < -0.39 is 20.0 Å². The number of carbonyl (C=O) groups excluding carboxylic acids is 1. The monoisotopic (exact) mass is 810 g/mol. The van der Waals surface area contributed by atoms with Gasteiger partial charge in [-0.15, -0.1) is 0 Å². The van der Waals surface area contributed by atoms with E-state index >= 15 is 0 Å². The highest BCUT2D eigenvalue weighted by molar-refractivity contribution is 7.92. The highest BCUT2D eigenvalue weighted by Gasteiger charge is 2.66. The SMILES string of the molecule is CC1(c2cccc(NS(C)(=O)=O)c2)C2CN(C(=O)CCCc3ccccc3)CC21.CC1(c2cccc(NS(C)(=O)=O)c2)C2CN(CCCCc3ccccc3)CC21. The molecule has 2 N–H and O–H groups in total. The first-order valence-corrected chi connectivity index (χ1v) is 24.2. The molecule has 0 aromatic heterocycles. The minimum Gasteiger partial charge on any atom is -0.342 e. The maximum absolute atomic E-state index is 12.6. The molecule has 4 aliphatic rings. The molecule has 4 atom stereocenters. The van der Waals surface area contributed by atoms with Gasteiger partial charge < -0.3 is 9.80 Å². The molecule has 4 fully saturated rings. The number of unbranched alkanes of at least 4 members (excludes halogenated alkanes) is 1. The molecule has 2 saturated carbocycles. The number of nitrogens with zero attached hydrogens (tertiary/aromatic N) is 2. The Labute approximate surface area is 340 Å². The average Bonchev–Trinajstić information content (AvgIpc) is 3.64. The van der Waals surface area contributed by atoms with Gasteiger partial charge in [-0.2, -0.15) is 0 Å². The lowest BCUT2D eigenvalue weighted by Crippen LogP contribution is -2.34. The third-order valence-electron chi connectivity index (χ3n) is 13.2. The van der Waals surface area contributed by atoms with Crippen LogP contribution in [0.25, 0.3) is 0 Å². The van der Waals surface area contributed by atoms with Crippen molar-refractivity contribution in [3.63, 3.8) is 0 Å². The highest BCUT2D eigenvalue weighted by Crippen LogP contribution is 2.64. The number of carbonyl (C=O) groups is 1. The highest BCUT2D eigenvalue weighted by atomic mass is 32.2. The Kier molecular flexibility index (Phi) is 11.9. The lowest BCUT2D eigenvalue weighted by atomic mass is 9.92. The molecule has 0 radical (unpaired) electrons. The molecule has 0 spiro atoms. The number of nitrogens with one attached hydrogen (secondary N) is 2. The molecule has 9 nitrogen and oxygen atoms in total. The Morgan fingerprint density at radius 2 is 1.04 bits per heavy atom. The van der Waals surface area contributed by atoms with Crippen LogP contribution in [0.1, 0.15) is 61.8 Å². The second kappa shape index (κ2) is 16.6. The van der Waals surface area contributed by atoms with Gasteiger partial charge >= 0.3 is 0 Å². The first kappa shape index (κ1) is 41.0. The zero-order chi connectivity index (χ0) is 40.4. The number of hydrogen-bond donors (Lipinski definition) is 2. The maximum atomic E-state index is 12.6. The van der Waals surface area contributed by atoms with Crippen molar-refractivity contribution in [3.8, 4) is 0 Å². The van der Waals surface area contributed by atoms with Crippen LogP contribution in [0.4, 0.5) is 11.4 Å². The molecule has 1 amide bonds. The number of amides is 1. The van der Waals surface area contributed by atoms with E-state index in [0.717, 1.165) is 50.8 Å². The van der Waals surface area contributed by atoms with E-state index in [1.807, 2.05) is 53.4 Å². The summed E-state index contributed by atoms with van der Waals surface area (Å²) in [6.45, 7) is 9.69. The molecule has 11 heteroatoms. The number of fused-ring (bicyclic) bond motifs is 2. The van der Waals surface area contributed by atoms with Crippen molar-refractivity contribution in [2.24, 2.45) is 23.7 Å². The normalized spacial score (nSPS) is 26.1. The van der Waals surface area contributed by atoms with E-state index in [1.165, 1.54) is 48.8 Å². The molecule has 2 aliphatic carbocycles. The van der Waals surface area contributed by atoms with E-state index in [0.29, 0.717) is 41.5 Å². The van der Waals surface area contributed by atoms with E-state index in [1.54, 1.807) is 6.07 Å². The van der Waals surface area contributed by atoms with E-state index in [2.05, 4.69) is 82.8 Å². The largest absolute Gasteiger partial charge is 0.342 e. The number of sulfonamides is 2. The van der Waals surface area contributed by atoms with Crippen LogP contribution < -0.4 is 9.44 Å². The minimum absolute atomic E-state index is 0.0238. The van der Waals surface area contributed by atoms with Gasteiger partial charge in [0.2, 0.25) is 26.0 Å².